The van der Waals surface area contributed by atoms with Crippen molar-refractivity contribution in [3.8, 4) is 5.75 Å². The summed E-state index contributed by atoms with van der Waals surface area (Å²) in [6, 6.07) is 21.7. The molecule has 5 rings (SSSR count). The normalized spacial score (nSPS) is 18.5. The first kappa shape index (κ1) is 30.3. The van der Waals surface area contributed by atoms with E-state index >= 15 is 0 Å². The number of nitrogens with one attached hydrogen (secondary N) is 2. The van der Waals surface area contributed by atoms with E-state index in [0.29, 0.717) is 5.56 Å². The maximum absolute atomic E-state index is 14.1. The molecule has 2 atom stereocenters. The van der Waals surface area contributed by atoms with Crippen molar-refractivity contribution in [1.29, 1.82) is 0 Å². The molecule has 5 amide bonds. The zero-order valence-corrected chi connectivity index (χ0v) is 24.6. The number of aromatic hydroxyl groups is 1. The number of phenols is 1. The van der Waals surface area contributed by atoms with Crippen molar-refractivity contribution in [2.24, 2.45) is 0 Å². The Balaban J connectivity index is 1.50. The van der Waals surface area contributed by atoms with Crippen molar-refractivity contribution in [3.05, 3.63) is 114 Å². The van der Waals surface area contributed by atoms with Gasteiger partial charge in [-0.15, -0.1) is 6.58 Å². The van der Waals surface area contributed by atoms with Gasteiger partial charge in [-0.25, -0.2) is 14.8 Å². The topological polar surface area (TPSA) is 126 Å². The summed E-state index contributed by atoms with van der Waals surface area (Å²) < 4.78 is 0. The summed E-state index contributed by atoms with van der Waals surface area (Å²) >= 11 is 0. The standard InChI is InChI=1S/C33H36N6O5/c1-3-16-37-22-30(41)38-28(18-23-12-14-27(40)15-13-23)32(43)36(20-25-10-7-11-26(17-25)31(42)34-2)21-29(38)39(37)33(44)35-19-24-8-5-4-6-9-24/h3-15,17,28-29,40H,1,16,18-22H2,2H3,(H,34,42)(H,35,44)/t28-,29?/m0/s1. The Morgan fingerprint density at radius 3 is 2.41 bits per heavy atom. The highest BCUT2D eigenvalue weighted by molar-refractivity contribution is 5.94. The van der Waals surface area contributed by atoms with E-state index in [4.69, 9.17) is 0 Å². The molecule has 0 saturated carbocycles. The van der Waals surface area contributed by atoms with Gasteiger partial charge in [0.1, 0.15) is 18.0 Å². The fourth-order valence-corrected chi connectivity index (χ4v) is 5.73. The molecule has 1 unspecified atom stereocenters. The second-order valence-electron chi connectivity index (χ2n) is 10.8. The summed E-state index contributed by atoms with van der Waals surface area (Å²) in [7, 11) is 1.55. The van der Waals surface area contributed by atoms with Gasteiger partial charge < -0.3 is 25.5 Å². The van der Waals surface area contributed by atoms with Gasteiger partial charge in [-0.3, -0.25) is 14.4 Å². The summed E-state index contributed by atoms with van der Waals surface area (Å²) in [4.78, 5) is 57.1. The van der Waals surface area contributed by atoms with Crippen LogP contribution in [0.5, 0.6) is 5.75 Å². The number of phenolic OH excluding ortho intramolecular Hbond substituents is 1. The van der Waals surface area contributed by atoms with Gasteiger partial charge in [0.25, 0.3) is 5.91 Å². The molecular weight excluding hydrogens is 560 g/mol. The van der Waals surface area contributed by atoms with Crippen molar-refractivity contribution < 1.29 is 24.3 Å². The molecule has 44 heavy (non-hydrogen) atoms. The molecule has 3 N–H and O–H groups in total. The highest BCUT2D eigenvalue weighted by Gasteiger charge is 2.51. The number of rotatable bonds is 9. The van der Waals surface area contributed by atoms with E-state index in [1.807, 2.05) is 36.4 Å². The highest BCUT2D eigenvalue weighted by atomic mass is 16.3. The minimum Gasteiger partial charge on any atom is -0.508 e. The Morgan fingerprint density at radius 2 is 1.70 bits per heavy atom. The molecule has 3 aromatic rings. The second-order valence-corrected chi connectivity index (χ2v) is 10.8. The van der Waals surface area contributed by atoms with Gasteiger partial charge in [0.2, 0.25) is 11.8 Å². The van der Waals surface area contributed by atoms with Crippen LogP contribution in [0.3, 0.4) is 0 Å². The van der Waals surface area contributed by atoms with Crippen molar-refractivity contribution in [1.82, 2.24) is 30.5 Å². The SMILES string of the molecule is C=CCN1CC(=O)N2C(CN(Cc3cccc(C(=O)NC)c3)C(=O)[C@@H]2Cc2ccc(O)cc2)N1C(=O)NCc1ccccc1. The lowest BCUT2D eigenvalue weighted by atomic mass is 9.98. The molecule has 2 aliphatic rings. The number of hydrazine groups is 1. The molecule has 2 saturated heterocycles. The van der Waals surface area contributed by atoms with E-state index in [2.05, 4.69) is 17.2 Å². The predicted molar refractivity (Wildman–Crippen MR) is 164 cm³/mol. The summed E-state index contributed by atoms with van der Waals surface area (Å²) in [5.74, 6) is -0.695. The summed E-state index contributed by atoms with van der Waals surface area (Å²) in [5, 5.41) is 18.6. The third kappa shape index (κ3) is 6.57. The average molecular weight is 597 g/mol. The first-order valence-electron chi connectivity index (χ1n) is 14.4. The van der Waals surface area contributed by atoms with E-state index in [-0.39, 0.29) is 62.6 Å². The molecular formula is C33H36N6O5. The van der Waals surface area contributed by atoms with Crippen LogP contribution in [-0.2, 0) is 29.1 Å². The molecule has 0 bridgehead atoms. The van der Waals surface area contributed by atoms with Crippen molar-refractivity contribution in [2.45, 2.75) is 31.7 Å². The number of carbonyl (C=O) groups excluding carboxylic acids is 4. The molecule has 11 nitrogen and oxygen atoms in total. The average Bonchev–Trinajstić information content (AvgIpc) is 3.03. The third-order valence-electron chi connectivity index (χ3n) is 7.82. The molecule has 2 aliphatic heterocycles. The molecule has 0 aromatic heterocycles. The number of nitrogens with zero attached hydrogens (tertiary/aromatic N) is 4. The number of hydrogen-bond donors (Lipinski definition) is 3. The van der Waals surface area contributed by atoms with E-state index in [1.165, 1.54) is 22.0 Å². The number of benzene rings is 3. The van der Waals surface area contributed by atoms with Gasteiger partial charge >= 0.3 is 6.03 Å². The zero-order chi connectivity index (χ0) is 31.2. The van der Waals surface area contributed by atoms with Gasteiger partial charge in [-0.2, -0.15) is 0 Å². The number of fused-ring (bicyclic) bond motifs is 1. The maximum atomic E-state index is 14.1. The molecule has 0 aliphatic carbocycles. The fourth-order valence-electron chi connectivity index (χ4n) is 5.73. The molecule has 2 fully saturated rings. The van der Waals surface area contributed by atoms with E-state index in [9.17, 15) is 24.3 Å². The second kappa shape index (κ2) is 13.4. The number of hydrogen-bond acceptors (Lipinski definition) is 6. The molecule has 3 aromatic carbocycles. The van der Waals surface area contributed by atoms with Crippen LogP contribution in [0, 0.1) is 0 Å². The van der Waals surface area contributed by atoms with Crippen molar-refractivity contribution in [3.63, 3.8) is 0 Å². The van der Waals surface area contributed by atoms with Gasteiger partial charge in [-0.05, 0) is 41.0 Å². The first-order valence-corrected chi connectivity index (χ1v) is 14.4. The smallest absolute Gasteiger partial charge is 0.334 e. The molecule has 2 heterocycles. The fraction of sp³-hybridized carbons (Fsp3) is 0.273. The highest BCUT2D eigenvalue weighted by Crippen LogP contribution is 2.29. The monoisotopic (exact) mass is 596 g/mol. The number of piperazine rings is 1. The van der Waals surface area contributed by atoms with Crippen LogP contribution in [0.1, 0.15) is 27.0 Å². The molecule has 0 spiro atoms. The van der Waals surface area contributed by atoms with Crippen LogP contribution in [0.25, 0.3) is 0 Å². The summed E-state index contributed by atoms with van der Waals surface area (Å²) in [6.07, 6.45) is 1.02. The quantitative estimate of drug-likeness (QED) is 0.326. The largest absolute Gasteiger partial charge is 0.508 e. The van der Waals surface area contributed by atoms with E-state index in [1.54, 1.807) is 53.4 Å². The van der Waals surface area contributed by atoms with Crippen LogP contribution in [0.15, 0.2) is 91.5 Å². The minimum absolute atomic E-state index is 0.0628. The van der Waals surface area contributed by atoms with Gasteiger partial charge in [0.15, 0.2) is 0 Å². The number of amides is 5. The first-order chi connectivity index (χ1) is 21.3. The Labute approximate surface area is 256 Å². The molecule has 228 valence electrons. The van der Waals surface area contributed by atoms with Crippen LogP contribution in [0.4, 0.5) is 4.79 Å². The van der Waals surface area contributed by atoms with Crippen LogP contribution >= 0.6 is 0 Å². The van der Waals surface area contributed by atoms with Crippen LogP contribution < -0.4 is 10.6 Å². The predicted octanol–water partition coefficient (Wildman–Crippen LogP) is 2.49. The number of carbonyl (C=O) groups is 4. The van der Waals surface area contributed by atoms with Crippen molar-refractivity contribution >= 4 is 23.8 Å². The van der Waals surface area contributed by atoms with Crippen molar-refractivity contribution in [2.75, 3.05) is 26.7 Å². The Bertz CT molecular complexity index is 1530. The Hall–Kier alpha value is -5.16. The van der Waals surface area contributed by atoms with Crippen LogP contribution in [-0.4, -0.2) is 87.6 Å². The number of urea groups is 1. The Morgan fingerprint density at radius 1 is 0.977 bits per heavy atom. The van der Waals surface area contributed by atoms with Crippen LogP contribution in [0.2, 0.25) is 0 Å². The lowest BCUT2D eigenvalue weighted by Crippen LogP contribution is -2.76. The lowest BCUT2D eigenvalue weighted by molar-refractivity contribution is -0.189. The maximum Gasteiger partial charge on any atom is 0.334 e. The van der Waals surface area contributed by atoms with Gasteiger partial charge in [0.05, 0.1) is 13.1 Å². The van der Waals surface area contributed by atoms with Gasteiger partial charge in [-0.1, -0.05) is 60.7 Å². The van der Waals surface area contributed by atoms with E-state index < -0.39 is 18.2 Å². The summed E-state index contributed by atoms with van der Waals surface area (Å²) in [5.41, 5.74) is 2.87. The Kier molecular flexibility index (Phi) is 9.25. The molecule has 0 radical (unpaired) electrons. The lowest BCUT2D eigenvalue weighted by Gasteiger charge is -2.55. The zero-order valence-electron chi connectivity index (χ0n) is 24.6. The third-order valence-corrected chi connectivity index (χ3v) is 7.82. The van der Waals surface area contributed by atoms with E-state index in [0.717, 1.165) is 16.7 Å². The minimum atomic E-state index is -0.900. The molecule has 11 heteroatoms. The van der Waals surface area contributed by atoms with Gasteiger partial charge in [0, 0.05) is 38.7 Å². The summed E-state index contributed by atoms with van der Waals surface area (Å²) in [6.45, 7) is 4.49.